The summed E-state index contributed by atoms with van der Waals surface area (Å²) in [5.74, 6) is -1.87. The van der Waals surface area contributed by atoms with E-state index in [4.69, 9.17) is 5.73 Å². The number of primary amides is 1. The second-order valence-corrected chi connectivity index (χ2v) is 3.31. The number of nitro groups is 1. The van der Waals surface area contributed by atoms with Crippen LogP contribution in [0, 0.1) is 15.9 Å². The smallest absolute Gasteiger partial charge is 0.304 e. The first-order chi connectivity index (χ1) is 8.50. The Balaban J connectivity index is 2.52. The van der Waals surface area contributed by atoms with Crippen molar-refractivity contribution < 1.29 is 14.1 Å². The lowest BCUT2D eigenvalue weighted by molar-refractivity contribution is -0.387. The fourth-order valence-electron chi connectivity index (χ4n) is 1.41. The van der Waals surface area contributed by atoms with Gasteiger partial charge in [0.2, 0.25) is 5.82 Å². The molecule has 0 spiro atoms. The molecule has 0 bridgehead atoms. The number of hydrogen-bond acceptors (Lipinski definition) is 5. The van der Waals surface area contributed by atoms with Gasteiger partial charge in [0.15, 0.2) is 5.69 Å². The molecular weight excluding hydrogens is 245 g/mol. The summed E-state index contributed by atoms with van der Waals surface area (Å²) in [7, 11) is 0. The monoisotopic (exact) mass is 251 g/mol. The Morgan fingerprint density at radius 2 is 2.17 bits per heavy atom. The summed E-state index contributed by atoms with van der Waals surface area (Å²) in [4.78, 5) is 20.6. The van der Waals surface area contributed by atoms with E-state index in [0.717, 1.165) is 12.1 Å². The second kappa shape index (κ2) is 4.20. The summed E-state index contributed by atoms with van der Waals surface area (Å²) >= 11 is 0. The molecule has 1 amide bonds. The van der Waals surface area contributed by atoms with Crippen LogP contribution in [-0.4, -0.2) is 26.2 Å². The van der Waals surface area contributed by atoms with Crippen LogP contribution in [0.1, 0.15) is 10.5 Å². The van der Waals surface area contributed by atoms with Crippen molar-refractivity contribution in [1.29, 1.82) is 0 Å². The quantitative estimate of drug-likeness (QED) is 0.610. The molecule has 0 aliphatic heterocycles. The van der Waals surface area contributed by atoms with Gasteiger partial charge in [-0.3, -0.25) is 14.9 Å². The van der Waals surface area contributed by atoms with E-state index in [9.17, 15) is 19.3 Å². The molecule has 2 aromatic rings. The minimum atomic E-state index is -1.03. The van der Waals surface area contributed by atoms with Gasteiger partial charge in [0, 0.05) is 11.6 Å². The third-order valence-electron chi connectivity index (χ3n) is 2.20. The van der Waals surface area contributed by atoms with Crippen molar-refractivity contribution in [2.45, 2.75) is 0 Å². The Morgan fingerprint density at radius 3 is 2.72 bits per heavy atom. The standard InChI is InChI=1S/C9H6FN5O3/c10-5-3-4(1-2-6(5)15(17)18)7-8(9(11)16)13-14-12-7/h1-3H,(H2,11,16)(H,12,13,14). The molecular formula is C9H6FN5O3. The summed E-state index contributed by atoms with van der Waals surface area (Å²) in [5.41, 5.74) is 4.43. The number of amides is 1. The first-order valence-corrected chi connectivity index (χ1v) is 4.65. The molecule has 2 rings (SSSR count). The lowest BCUT2D eigenvalue weighted by Gasteiger charge is -1.99. The second-order valence-electron chi connectivity index (χ2n) is 3.31. The molecule has 18 heavy (non-hydrogen) atoms. The number of halogens is 1. The Bertz CT molecular complexity index is 639. The van der Waals surface area contributed by atoms with Crippen LogP contribution in [0.3, 0.4) is 0 Å². The van der Waals surface area contributed by atoms with Crippen LogP contribution in [0.4, 0.5) is 10.1 Å². The van der Waals surface area contributed by atoms with E-state index >= 15 is 0 Å². The third-order valence-corrected chi connectivity index (χ3v) is 2.20. The number of nitrogens with two attached hydrogens (primary N) is 1. The van der Waals surface area contributed by atoms with Gasteiger partial charge in [-0.2, -0.15) is 19.8 Å². The molecule has 1 aromatic carbocycles. The van der Waals surface area contributed by atoms with Crippen LogP contribution in [0.5, 0.6) is 0 Å². The number of rotatable bonds is 3. The summed E-state index contributed by atoms with van der Waals surface area (Å²) in [6, 6.07) is 3.12. The molecule has 0 atom stereocenters. The van der Waals surface area contributed by atoms with Crippen LogP contribution in [0.15, 0.2) is 18.2 Å². The van der Waals surface area contributed by atoms with E-state index in [0.29, 0.717) is 0 Å². The zero-order chi connectivity index (χ0) is 13.3. The average molecular weight is 251 g/mol. The highest BCUT2D eigenvalue weighted by atomic mass is 19.1. The molecule has 92 valence electrons. The van der Waals surface area contributed by atoms with Crippen molar-refractivity contribution in [3.8, 4) is 11.3 Å². The minimum Gasteiger partial charge on any atom is -0.364 e. The van der Waals surface area contributed by atoms with E-state index in [1.807, 2.05) is 0 Å². The lowest BCUT2D eigenvalue weighted by atomic mass is 10.1. The fourth-order valence-corrected chi connectivity index (χ4v) is 1.41. The van der Waals surface area contributed by atoms with Crippen molar-refractivity contribution in [2.24, 2.45) is 5.73 Å². The molecule has 0 saturated carbocycles. The number of benzene rings is 1. The lowest BCUT2D eigenvalue weighted by Crippen LogP contribution is -2.12. The van der Waals surface area contributed by atoms with Gasteiger partial charge in [0.1, 0.15) is 5.69 Å². The van der Waals surface area contributed by atoms with Crippen molar-refractivity contribution in [3.05, 3.63) is 39.8 Å². The maximum atomic E-state index is 13.4. The number of carbonyl (C=O) groups is 1. The van der Waals surface area contributed by atoms with Crippen molar-refractivity contribution in [2.75, 3.05) is 0 Å². The van der Waals surface area contributed by atoms with Crippen LogP contribution in [0.2, 0.25) is 0 Å². The minimum absolute atomic E-state index is 0.0382. The number of H-pyrrole nitrogens is 1. The molecule has 0 unspecified atom stereocenters. The molecule has 0 radical (unpaired) electrons. The van der Waals surface area contributed by atoms with Crippen LogP contribution < -0.4 is 5.73 Å². The molecule has 0 aliphatic rings. The van der Waals surface area contributed by atoms with Gasteiger partial charge in [0.05, 0.1) is 4.92 Å². The normalized spacial score (nSPS) is 10.3. The molecule has 3 N–H and O–H groups in total. The van der Waals surface area contributed by atoms with E-state index in [1.165, 1.54) is 6.07 Å². The first kappa shape index (κ1) is 11.6. The molecule has 9 heteroatoms. The summed E-state index contributed by atoms with van der Waals surface area (Å²) < 4.78 is 13.4. The van der Waals surface area contributed by atoms with Gasteiger partial charge in [-0.05, 0) is 12.1 Å². The van der Waals surface area contributed by atoms with Gasteiger partial charge >= 0.3 is 5.69 Å². The zero-order valence-corrected chi connectivity index (χ0v) is 8.75. The molecule has 0 aliphatic carbocycles. The van der Waals surface area contributed by atoms with Crippen LogP contribution in [0.25, 0.3) is 11.3 Å². The van der Waals surface area contributed by atoms with Gasteiger partial charge < -0.3 is 5.73 Å². The van der Waals surface area contributed by atoms with Crippen LogP contribution in [-0.2, 0) is 0 Å². The zero-order valence-electron chi connectivity index (χ0n) is 8.75. The number of nitrogens with zero attached hydrogens (tertiary/aromatic N) is 3. The molecule has 1 heterocycles. The fraction of sp³-hybridized carbons (Fsp3) is 0. The van der Waals surface area contributed by atoms with E-state index in [-0.39, 0.29) is 17.0 Å². The summed E-state index contributed by atoms with van der Waals surface area (Å²) in [6.45, 7) is 0. The largest absolute Gasteiger partial charge is 0.364 e. The van der Waals surface area contributed by atoms with Crippen LogP contribution >= 0.6 is 0 Å². The van der Waals surface area contributed by atoms with E-state index in [1.54, 1.807) is 0 Å². The Labute approximate surface area is 98.8 Å². The molecule has 0 fully saturated rings. The van der Waals surface area contributed by atoms with Crippen molar-refractivity contribution >= 4 is 11.6 Å². The molecule has 0 saturated heterocycles. The van der Waals surface area contributed by atoms with Gasteiger partial charge in [0.25, 0.3) is 5.91 Å². The van der Waals surface area contributed by atoms with E-state index in [2.05, 4.69) is 15.4 Å². The van der Waals surface area contributed by atoms with Crippen molar-refractivity contribution in [3.63, 3.8) is 0 Å². The van der Waals surface area contributed by atoms with Gasteiger partial charge in [-0.15, -0.1) is 0 Å². The maximum Gasteiger partial charge on any atom is 0.304 e. The Morgan fingerprint density at radius 1 is 1.44 bits per heavy atom. The number of nitro benzene ring substituents is 1. The highest BCUT2D eigenvalue weighted by molar-refractivity contribution is 5.96. The SMILES string of the molecule is NC(=O)c1n[nH]nc1-c1ccc([N+](=O)[O-])c(F)c1. The number of carbonyl (C=O) groups excluding carboxylic acids is 1. The average Bonchev–Trinajstić information content (AvgIpc) is 2.77. The Hall–Kier alpha value is -2.84. The third kappa shape index (κ3) is 1.88. The molecule has 1 aromatic heterocycles. The maximum absolute atomic E-state index is 13.4. The number of aromatic amines is 1. The summed E-state index contributed by atoms with van der Waals surface area (Å²) in [6.07, 6.45) is 0. The Kier molecular flexibility index (Phi) is 2.72. The van der Waals surface area contributed by atoms with Crippen molar-refractivity contribution in [1.82, 2.24) is 15.4 Å². The predicted molar refractivity (Wildman–Crippen MR) is 56.9 cm³/mol. The van der Waals surface area contributed by atoms with Gasteiger partial charge in [-0.1, -0.05) is 0 Å². The highest BCUT2D eigenvalue weighted by Crippen LogP contribution is 2.25. The number of aromatic nitrogens is 3. The predicted octanol–water partition coefficient (Wildman–Crippen LogP) is 0.618. The van der Waals surface area contributed by atoms with Gasteiger partial charge in [-0.25, -0.2) is 0 Å². The summed E-state index contributed by atoms with van der Waals surface area (Å²) in [5, 5.41) is 19.8. The first-order valence-electron chi connectivity index (χ1n) is 4.65. The number of nitrogens with one attached hydrogen (secondary N) is 1. The topological polar surface area (TPSA) is 128 Å². The number of hydrogen-bond donors (Lipinski definition) is 2. The highest BCUT2D eigenvalue weighted by Gasteiger charge is 2.19. The molecule has 8 nitrogen and oxygen atoms in total. The van der Waals surface area contributed by atoms with E-state index < -0.39 is 22.3 Å².